The molecule has 0 bridgehead atoms. The first-order valence-electron chi connectivity index (χ1n) is 10.6. The predicted octanol–water partition coefficient (Wildman–Crippen LogP) is 3.98. The molecule has 4 rings (SSSR count). The molecular weight excluding hydrogens is 446 g/mol. The van der Waals surface area contributed by atoms with E-state index in [1.54, 1.807) is 35.0 Å². The molecule has 0 amide bonds. The summed E-state index contributed by atoms with van der Waals surface area (Å²) >= 11 is 6.21. The van der Waals surface area contributed by atoms with E-state index in [1.807, 2.05) is 18.2 Å². The zero-order chi connectivity index (χ0) is 22.9. The predicted molar refractivity (Wildman–Crippen MR) is 127 cm³/mol. The fourth-order valence-corrected chi connectivity index (χ4v) is 5.36. The molecular formula is C24H26ClN3O3S. The van der Waals surface area contributed by atoms with E-state index >= 15 is 0 Å². The van der Waals surface area contributed by atoms with Gasteiger partial charge in [-0.05, 0) is 61.6 Å². The van der Waals surface area contributed by atoms with Crippen molar-refractivity contribution >= 4 is 21.4 Å². The third-order valence-electron chi connectivity index (χ3n) is 6.49. The Hall–Kier alpha value is -2.48. The molecule has 0 aliphatic heterocycles. The van der Waals surface area contributed by atoms with Gasteiger partial charge in [-0.3, -0.25) is 4.79 Å². The van der Waals surface area contributed by atoms with Crippen LogP contribution in [0.1, 0.15) is 37.3 Å². The van der Waals surface area contributed by atoms with Crippen molar-refractivity contribution in [3.63, 3.8) is 0 Å². The largest absolute Gasteiger partial charge is 0.330 e. The van der Waals surface area contributed by atoms with Crippen molar-refractivity contribution < 1.29 is 8.42 Å². The molecule has 1 aliphatic carbocycles. The third kappa shape index (κ3) is 4.51. The van der Waals surface area contributed by atoms with E-state index in [0.29, 0.717) is 17.3 Å². The van der Waals surface area contributed by atoms with Crippen molar-refractivity contribution in [1.29, 1.82) is 0 Å². The van der Waals surface area contributed by atoms with Crippen LogP contribution in [0.15, 0.2) is 70.4 Å². The number of nitrogens with zero attached hydrogens (tertiary/aromatic N) is 2. The molecule has 1 aliphatic rings. The lowest BCUT2D eigenvalue weighted by atomic mass is 9.68. The maximum absolute atomic E-state index is 12.6. The molecule has 1 saturated carbocycles. The lowest BCUT2D eigenvalue weighted by molar-refractivity contribution is 0.222. The lowest BCUT2D eigenvalue weighted by Crippen LogP contribution is -2.41. The monoisotopic (exact) mass is 471 g/mol. The Balaban J connectivity index is 1.58. The number of halogens is 1. The van der Waals surface area contributed by atoms with Crippen LogP contribution in [-0.4, -0.2) is 31.0 Å². The zero-order valence-corrected chi connectivity index (χ0v) is 19.4. The van der Waals surface area contributed by atoms with Crippen LogP contribution in [0.2, 0.25) is 5.02 Å². The van der Waals surface area contributed by atoms with Crippen molar-refractivity contribution in [3.8, 4) is 11.3 Å². The van der Waals surface area contributed by atoms with E-state index in [9.17, 15) is 13.2 Å². The van der Waals surface area contributed by atoms with Gasteiger partial charge in [0, 0.05) is 34.9 Å². The fraction of sp³-hybridized carbons (Fsp3) is 0.333. The second-order valence-corrected chi connectivity index (χ2v) is 11.0. The van der Waals surface area contributed by atoms with Crippen LogP contribution >= 0.6 is 11.6 Å². The number of rotatable bonds is 5. The number of benzene rings is 2. The Morgan fingerprint density at radius 3 is 2.38 bits per heavy atom. The first-order valence-corrected chi connectivity index (χ1v) is 12.9. The van der Waals surface area contributed by atoms with Gasteiger partial charge in [0.2, 0.25) is 0 Å². The molecule has 0 radical (unpaired) electrons. The van der Waals surface area contributed by atoms with Crippen molar-refractivity contribution in [1.82, 2.24) is 9.78 Å². The number of hydrogen-bond donors (Lipinski definition) is 1. The highest BCUT2D eigenvalue weighted by molar-refractivity contribution is 7.90. The Labute approximate surface area is 193 Å². The standard InChI is InChI=1S/C24H26ClN3O3S/c1-32(30,31)21-7-5-17(6-8-21)22-9-10-23(29)28(27-22)20-11-13-24(16-26,14-12-20)18-3-2-4-19(25)15-18/h2-10,15,20H,11-14,16,26H2,1H3/t20-,24-. The summed E-state index contributed by atoms with van der Waals surface area (Å²) in [5.41, 5.74) is 8.45. The van der Waals surface area contributed by atoms with Gasteiger partial charge in [0.05, 0.1) is 16.6 Å². The summed E-state index contributed by atoms with van der Waals surface area (Å²) < 4.78 is 25.0. The van der Waals surface area contributed by atoms with Crippen molar-refractivity contribution in [2.75, 3.05) is 12.8 Å². The first kappa shape index (κ1) is 22.7. The van der Waals surface area contributed by atoms with E-state index in [1.165, 1.54) is 12.3 Å². The van der Waals surface area contributed by atoms with Crippen LogP contribution < -0.4 is 11.3 Å². The van der Waals surface area contributed by atoms with Gasteiger partial charge in [-0.1, -0.05) is 35.9 Å². The van der Waals surface area contributed by atoms with Crippen LogP contribution in [0.4, 0.5) is 0 Å². The molecule has 6 nitrogen and oxygen atoms in total. The molecule has 168 valence electrons. The minimum absolute atomic E-state index is 0.0170. The summed E-state index contributed by atoms with van der Waals surface area (Å²) in [6, 6.07) is 17.6. The summed E-state index contributed by atoms with van der Waals surface area (Å²) in [6.45, 7) is 0.523. The highest BCUT2D eigenvalue weighted by atomic mass is 35.5. The number of hydrogen-bond acceptors (Lipinski definition) is 5. The maximum atomic E-state index is 12.6. The Morgan fingerprint density at radius 2 is 1.78 bits per heavy atom. The molecule has 32 heavy (non-hydrogen) atoms. The molecule has 1 heterocycles. The van der Waals surface area contributed by atoms with Gasteiger partial charge >= 0.3 is 0 Å². The molecule has 0 spiro atoms. The van der Waals surface area contributed by atoms with Gasteiger partial charge in [-0.2, -0.15) is 5.10 Å². The van der Waals surface area contributed by atoms with E-state index in [4.69, 9.17) is 17.3 Å². The van der Waals surface area contributed by atoms with Crippen molar-refractivity contribution in [3.05, 3.63) is 81.6 Å². The molecule has 8 heteroatoms. The highest BCUT2D eigenvalue weighted by Gasteiger charge is 2.37. The Bertz CT molecular complexity index is 1280. The van der Waals surface area contributed by atoms with Crippen LogP contribution in [0.5, 0.6) is 0 Å². The van der Waals surface area contributed by atoms with E-state index in [2.05, 4.69) is 11.2 Å². The van der Waals surface area contributed by atoms with Gasteiger partial charge in [0.25, 0.3) is 5.56 Å². The van der Waals surface area contributed by atoms with Gasteiger partial charge < -0.3 is 5.73 Å². The number of aromatic nitrogens is 2. The topological polar surface area (TPSA) is 95.0 Å². The second-order valence-electron chi connectivity index (χ2n) is 8.52. The normalized spacial score (nSPS) is 21.4. The van der Waals surface area contributed by atoms with Gasteiger partial charge in [0.15, 0.2) is 9.84 Å². The summed E-state index contributed by atoms with van der Waals surface area (Å²) in [4.78, 5) is 12.9. The quantitative estimate of drug-likeness (QED) is 0.607. The molecule has 3 aromatic rings. The highest BCUT2D eigenvalue weighted by Crippen LogP contribution is 2.42. The molecule has 0 atom stereocenters. The van der Waals surface area contributed by atoms with E-state index in [-0.39, 0.29) is 21.9 Å². The molecule has 2 aromatic carbocycles. The first-order chi connectivity index (χ1) is 15.2. The minimum Gasteiger partial charge on any atom is -0.330 e. The molecule has 1 aromatic heterocycles. The third-order valence-corrected chi connectivity index (χ3v) is 7.85. The molecule has 0 unspecified atom stereocenters. The van der Waals surface area contributed by atoms with Gasteiger partial charge in [-0.15, -0.1) is 0 Å². The average molecular weight is 472 g/mol. The van der Waals surface area contributed by atoms with Crippen LogP contribution in [0.25, 0.3) is 11.3 Å². The van der Waals surface area contributed by atoms with E-state index in [0.717, 1.165) is 36.8 Å². The van der Waals surface area contributed by atoms with Crippen molar-refractivity contribution in [2.24, 2.45) is 5.73 Å². The Kier molecular flexibility index (Phi) is 6.25. The van der Waals surface area contributed by atoms with Crippen LogP contribution in [0.3, 0.4) is 0 Å². The lowest BCUT2D eigenvalue weighted by Gasteiger charge is -2.40. The smallest absolute Gasteiger partial charge is 0.267 e. The molecule has 0 saturated heterocycles. The fourth-order valence-electron chi connectivity index (χ4n) is 4.54. The van der Waals surface area contributed by atoms with Gasteiger partial charge in [-0.25, -0.2) is 13.1 Å². The maximum Gasteiger partial charge on any atom is 0.267 e. The van der Waals surface area contributed by atoms with E-state index < -0.39 is 9.84 Å². The second kappa shape index (κ2) is 8.81. The minimum atomic E-state index is -3.27. The van der Waals surface area contributed by atoms with Crippen LogP contribution in [-0.2, 0) is 15.3 Å². The summed E-state index contributed by atoms with van der Waals surface area (Å²) in [7, 11) is -3.27. The Morgan fingerprint density at radius 1 is 1.09 bits per heavy atom. The molecule has 2 N–H and O–H groups in total. The molecule has 1 fully saturated rings. The summed E-state index contributed by atoms with van der Waals surface area (Å²) in [6.07, 6.45) is 4.43. The summed E-state index contributed by atoms with van der Waals surface area (Å²) in [5, 5.41) is 5.32. The average Bonchev–Trinajstić information content (AvgIpc) is 2.79. The SMILES string of the molecule is CS(=O)(=O)c1ccc(-c2ccc(=O)n([C@H]3CC[C@](CN)(c4cccc(Cl)c4)CC3)n2)cc1. The van der Waals surface area contributed by atoms with Gasteiger partial charge in [0.1, 0.15) is 0 Å². The number of nitrogens with two attached hydrogens (primary N) is 1. The van der Waals surface area contributed by atoms with Crippen molar-refractivity contribution in [2.45, 2.75) is 42.0 Å². The van der Waals surface area contributed by atoms with Crippen LogP contribution in [0, 0.1) is 0 Å². The summed E-state index contributed by atoms with van der Waals surface area (Å²) in [5.74, 6) is 0. The zero-order valence-electron chi connectivity index (χ0n) is 17.9. The number of sulfone groups is 1.